The Morgan fingerprint density at radius 3 is 2.60 bits per heavy atom. The highest BCUT2D eigenvalue weighted by atomic mass is 16.4. The van der Waals surface area contributed by atoms with Crippen LogP contribution in [0.15, 0.2) is 0 Å². The van der Waals surface area contributed by atoms with Gasteiger partial charge in [0.05, 0.1) is 6.42 Å². The van der Waals surface area contributed by atoms with Gasteiger partial charge >= 0.3 is 12.0 Å². The number of amides is 2. The first kappa shape index (κ1) is 15.1. The number of carboxylic acids is 1. The number of nitrogens with one attached hydrogen (secondary N) is 1. The standard InChI is InChI=1S/C15H26N2O3/c1-10(2)12(9-14(18)19)16-15(20)17-8-4-6-11-5-3-7-13(11)17/h10-13H,3-9H2,1-2H3,(H,16,20)(H,18,19). The maximum Gasteiger partial charge on any atom is 0.317 e. The van der Waals surface area contributed by atoms with Crippen molar-refractivity contribution in [2.24, 2.45) is 11.8 Å². The zero-order chi connectivity index (χ0) is 14.7. The third-order valence-electron chi connectivity index (χ3n) is 4.76. The Kier molecular flexibility index (Phi) is 4.89. The topological polar surface area (TPSA) is 69.6 Å². The van der Waals surface area contributed by atoms with Gasteiger partial charge in [0.15, 0.2) is 0 Å². The number of hydrogen-bond acceptors (Lipinski definition) is 2. The lowest BCUT2D eigenvalue weighted by Crippen LogP contribution is -2.53. The van der Waals surface area contributed by atoms with E-state index in [1.807, 2.05) is 18.7 Å². The van der Waals surface area contributed by atoms with E-state index in [1.165, 1.54) is 19.3 Å². The Morgan fingerprint density at radius 1 is 1.25 bits per heavy atom. The number of hydrogen-bond donors (Lipinski definition) is 2. The fourth-order valence-corrected chi connectivity index (χ4v) is 3.59. The largest absolute Gasteiger partial charge is 0.481 e. The second-order valence-corrected chi connectivity index (χ2v) is 6.49. The van der Waals surface area contributed by atoms with Crippen LogP contribution in [0.4, 0.5) is 4.79 Å². The van der Waals surface area contributed by atoms with Gasteiger partial charge in [-0.05, 0) is 37.5 Å². The van der Waals surface area contributed by atoms with Crippen LogP contribution < -0.4 is 5.32 Å². The van der Waals surface area contributed by atoms with Gasteiger partial charge in [-0.25, -0.2) is 4.79 Å². The second kappa shape index (κ2) is 6.46. The molecule has 1 saturated heterocycles. The van der Waals surface area contributed by atoms with Gasteiger partial charge in [0.1, 0.15) is 0 Å². The van der Waals surface area contributed by atoms with Crippen LogP contribution in [0.25, 0.3) is 0 Å². The van der Waals surface area contributed by atoms with Gasteiger partial charge in [-0.1, -0.05) is 20.3 Å². The van der Waals surface area contributed by atoms with E-state index in [1.54, 1.807) is 0 Å². The Bertz CT molecular complexity index is 370. The van der Waals surface area contributed by atoms with Crippen molar-refractivity contribution < 1.29 is 14.7 Å². The molecule has 0 aromatic rings. The average Bonchev–Trinajstić information content (AvgIpc) is 2.84. The molecule has 1 heterocycles. The van der Waals surface area contributed by atoms with Crippen molar-refractivity contribution in [2.75, 3.05) is 6.54 Å². The average molecular weight is 282 g/mol. The van der Waals surface area contributed by atoms with Crippen molar-refractivity contribution in [3.63, 3.8) is 0 Å². The molecule has 0 radical (unpaired) electrons. The molecule has 0 aromatic heterocycles. The quantitative estimate of drug-likeness (QED) is 0.832. The van der Waals surface area contributed by atoms with Gasteiger partial charge in [-0.15, -0.1) is 0 Å². The number of carbonyl (C=O) groups is 2. The fourth-order valence-electron chi connectivity index (χ4n) is 3.59. The third kappa shape index (κ3) is 3.44. The lowest BCUT2D eigenvalue weighted by molar-refractivity contribution is -0.137. The monoisotopic (exact) mass is 282 g/mol. The van der Waals surface area contributed by atoms with E-state index in [4.69, 9.17) is 5.11 Å². The first-order valence-corrected chi connectivity index (χ1v) is 7.78. The van der Waals surface area contributed by atoms with Crippen LogP contribution in [0.2, 0.25) is 0 Å². The van der Waals surface area contributed by atoms with Crippen LogP contribution in [0.1, 0.15) is 52.4 Å². The summed E-state index contributed by atoms with van der Waals surface area (Å²) in [6.45, 7) is 4.70. The van der Waals surface area contributed by atoms with Crippen LogP contribution in [-0.4, -0.2) is 40.6 Å². The lowest BCUT2D eigenvalue weighted by atomic mass is 9.92. The SMILES string of the molecule is CC(C)C(CC(=O)O)NC(=O)N1CCCC2CCCC21. The first-order chi connectivity index (χ1) is 9.49. The number of carboxylic acid groups (broad SMARTS) is 1. The van der Waals surface area contributed by atoms with Crippen LogP contribution in [0.3, 0.4) is 0 Å². The predicted molar refractivity (Wildman–Crippen MR) is 76.5 cm³/mol. The molecule has 20 heavy (non-hydrogen) atoms. The normalized spacial score (nSPS) is 27.2. The molecule has 2 amide bonds. The highest BCUT2D eigenvalue weighted by Gasteiger charge is 2.38. The molecule has 5 heteroatoms. The number of likely N-dealkylation sites (tertiary alicyclic amines) is 1. The van der Waals surface area contributed by atoms with Gasteiger partial charge in [-0.2, -0.15) is 0 Å². The maximum absolute atomic E-state index is 12.5. The number of carbonyl (C=O) groups excluding carboxylic acids is 1. The summed E-state index contributed by atoms with van der Waals surface area (Å²) in [7, 11) is 0. The predicted octanol–water partition coefficient (Wildman–Crippen LogP) is 2.46. The second-order valence-electron chi connectivity index (χ2n) is 6.49. The van der Waals surface area contributed by atoms with E-state index in [0.29, 0.717) is 12.0 Å². The zero-order valence-corrected chi connectivity index (χ0v) is 12.5. The Morgan fingerprint density at radius 2 is 1.95 bits per heavy atom. The van der Waals surface area contributed by atoms with E-state index >= 15 is 0 Å². The van der Waals surface area contributed by atoms with E-state index < -0.39 is 5.97 Å². The Labute approximate surface area is 120 Å². The van der Waals surface area contributed by atoms with Crippen molar-refractivity contribution >= 4 is 12.0 Å². The number of rotatable bonds is 4. The summed E-state index contributed by atoms with van der Waals surface area (Å²) < 4.78 is 0. The highest BCUT2D eigenvalue weighted by Crippen LogP contribution is 2.36. The molecule has 3 atom stereocenters. The van der Waals surface area contributed by atoms with Crippen LogP contribution in [-0.2, 0) is 4.79 Å². The van der Waals surface area contributed by atoms with Crippen LogP contribution in [0, 0.1) is 11.8 Å². The van der Waals surface area contributed by atoms with Gasteiger partial charge in [-0.3, -0.25) is 4.79 Å². The van der Waals surface area contributed by atoms with Gasteiger partial charge in [0.2, 0.25) is 0 Å². The molecule has 2 rings (SSSR count). The van der Waals surface area contributed by atoms with Crippen LogP contribution >= 0.6 is 0 Å². The summed E-state index contributed by atoms with van der Waals surface area (Å²) in [5.41, 5.74) is 0. The van der Waals surface area contributed by atoms with Crippen LogP contribution in [0.5, 0.6) is 0 Å². The van der Waals surface area contributed by atoms with Gasteiger partial charge in [0, 0.05) is 18.6 Å². The van der Waals surface area contributed by atoms with Crippen molar-refractivity contribution in [1.29, 1.82) is 0 Å². The summed E-state index contributed by atoms with van der Waals surface area (Å²) in [5, 5.41) is 11.9. The molecule has 0 aromatic carbocycles. The molecule has 3 unspecified atom stereocenters. The smallest absolute Gasteiger partial charge is 0.317 e. The van der Waals surface area contributed by atoms with Gasteiger partial charge < -0.3 is 15.3 Å². The summed E-state index contributed by atoms with van der Waals surface area (Å²) in [6, 6.07) is 0.0183. The molecule has 114 valence electrons. The molecule has 0 spiro atoms. The Hall–Kier alpha value is -1.26. The van der Waals surface area contributed by atoms with Crippen molar-refractivity contribution in [1.82, 2.24) is 10.2 Å². The summed E-state index contributed by atoms with van der Waals surface area (Å²) >= 11 is 0. The maximum atomic E-state index is 12.5. The summed E-state index contributed by atoms with van der Waals surface area (Å²) in [5.74, 6) is -0.0768. The summed E-state index contributed by atoms with van der Waals surface area (Å²) in [6.07, 6.45) is 5.84. The lowest BCUT2D eigenvalue weighted by Gasteiger charge is -2.38. The number of piperidine rings is 1. The molecule has 1 aliphatic heterocycles. The van der Waals surface area contributed by atoms with E-state index in [0.717, 1.165) is 19.4 Å². The minimum absolute atomic E-state index is 0.00859. The number of aliphatic carboxylic acids is 1. The molecule has 2 aliphatic rings. The molecular formula is C15H26N2O3. The highest BCUT2D eigenvalue weighted by molar-refractivity contribution is 5.76. The molecule has 2 N–H and O–H groups in total. The minimum atomic E-state index is -0.860. The summed E-state index contributed by atoms with van der Waals surface area (Å²) in [4.78, 5) is 25.3. The first-order valence-electron chi connectivity index (χ1n) is 7.78. The number of fused-ring (bicyclic) bond motifs is 1. The van der Waals surface area contributed by atoms with Crippen molar-refractivity contribution in [2.45, 2.75) is 64.5 Å². The fraction of sp³-hybridized carbons (Fsp3) is 0.867. The number of nitrogens with zero attached hydrogens (tertiary/aromatic N) is 1. The molecule has 1 saturated carbocycles. The van der Waals surface area contributed by atoms with E-state index in [-0.39, 0.29) is 24.4 Å². The van der Waals surface area contributed by atoms with Gasteiger partial charge in [0.25, 0.3) is 0 Å². The Balaban J connectivity index is 1.97. The zero-order valence-electron chi connectivity index (χ0n) is 12.5. The molecule has 2 fully saturated rings. The molecule has 1 aliphatic carbocycles. The van der Waals surface area contributed by atoms with Crippen molar-refractivity contribution in [3.8, 4) is 0 Å². The third-order valence-corrected chi connectivity index (χ3v) is 4.76. The molecule has 5 nitrogen and oxygen atoms in total. The van der Waals surface area contributed by atoms with E-state index in [2.05, 4.69) is 5.32 Å². The molecule has 0 bridgehead atoms. The van der Waals surface area contributed by atoms with E-state index in [9.17, 15) is 9.59 Å². The number of urea groups is 1. The van der Waals surface area contributed by atoms with Crippen molar-refractivity contribution in [3.05, 3.63) is 0 Å². The minimum Gasteiger partial charge on any atom is -0.481 e. The molecular weight excluding hydrogens is 256 g/mol.